The first-order valence-electron chi connectivity index (χ1n) is 12.8. The third-order valence-electron chi connectivity index (χ3n) is 9.05. The summed E-state index contributed by atoms with van der Waals surface area (Å²) >= 11 is 0. The normalized spacial score (nSPS) is 32.9. The molecule has 7 atom stereocenters. The van der Waals surface area contributed by atoms with Crippen LogP contribution in [0.25, 0.3) is 5.76 Å². The smallest absolute Gasteiger partial charge is 0.202 e. The van der Waals surface area contributed by atoms with Crippen LogP contribution in [0.4, 0.5) is 0 Å². The first-order chi connectivity index (χ1) is 16.7. The van der Waals surface area contributed by atoms with E-state index in [1.165, 1.54) is 0 Å². The van der Waals surface area contributed by atoms with Crippen molar-refractivity contribution < 1.29 is 34.8 Å². The topological polar surface area (TPSA) is 132 Å². The third kappa shape index (κ3) is 3.17. The molecule has 4 rings (SSSR count). The van der Waals surface area contributed by atoms with Gasteiger partial charge in [-0.15, -0.1) is 0 Å². The van der Waals surface area contributed by atoms with E-state index in [4.69, 9.17) is 0 Å². The van der Waals surface area contributed by atoms with E-state index in [1.807, 2.05) is 39.8 Å². The molecule has 3 aliphatic rings. The number of fused-ring (bicyclic) bond motifs is 3. The number of carbonyl (C=O) groups is 3. The largest absolute Gasteiger partial charge is 0.508 e. The molecule has 0 aliphatic heterocycles. The minimum atomic E-state index is -2.54. The molecule has 0 amide bonds. The van der Waals surface area contributed by atoms with Crippen LogP contribution >= 0.6 is 0 Å². The van der Waals surface area contributed by atoms with Crippen molar-refractivity contribution in [3.8, 4) is 5.75 Å². The number of Topliss-reactive ketones (excluding diaryl/α,β-unsaturated/α-hetero) is 3. The van der Waals surface area contributed by atoms with Crippen molar-refractivity contribution in [1.82, 2.24) is 0 Å². The highest BCUT2D eigenvalue weighted by Gasteiger charge is 2.66. The quantitative estimate of drug-likeness (QED) is 0.443. The van der Waals surface area contributed by atoms with E-state index in [0.717, 1.165) is 13.3 Å². The fourth-order valence-corrected chi connectivity index (χ4v) is 7.09. The molecule has 1 fully saturated rings. The number of phenolic OH excluding ortho intramolecular Hbond substituents is 1. The van der Waals surface area contributed by atoms with Crippen LogP contribution < -0.4 is 0 Å². The molecular weight excluding hydrogens is 460 g/mol. The van der Waals surface area contributed by atoms with Gasteiger partial charge < -0.3 is 20.4 Å². The van der Waals surface area contributed by atoms with E-state index in [2.05, 4.69) is 0 Å². The van der Waals surface area contributed by atoms with E-state index in [-0.39, 0.29) is 34.6 Å². The lowest BCUT2D eigenvalue weighted by Gasteiger charge is -2.54. The standard InChI is InChI=1S/C29H36O7/c1-8-12(4)16-9-10-17-13(5)19-14(6)23-18(11(2)3)25(32)20(15(7)30)27(34)29(23,36)28(35)22(19)26(33)21(17)24(16)31/h9-14,18-19,23,31,33-34,36H,8H2,1-7H3/t12?,13-,14-,18?,19?,23?,29+/m1/s1. The lowest BCUT2D eigenvalue weighted by molar-refractivity contribution is -0.161. The molecule has 0 saturated heterocycles. The number of ketones is 3. The van der Waals surface area contributed by atoms with Gasteiger partial charge in [-0.3, -0.25) is 14.4 Å². The number of benzene rings is 1. The Kier molecular flexibility index (Phi) is 6.23. The predicted octanol–water partition coefficient (Wildman–Crippen LogP) is 4.73. The molecule has 194 valence electrons. The lowest BCUT2D eigenvalue weighted by Crippen LogP contribution is -2.64. The molecule has 1 saturated carbocycles. The van der Waals surface area contributed by atoms with Crippen LogP contribution in [0.2, 0.25) is 0 Å². The number of carbonyl (C=O) groups excluding carboxylic acids is 3. The van der Waals surface area contributed by atoms with Crippen LogP contribution in [0.5, 0.6) is 5.75 Å². The molecule has 0 bridgehead atoms. The number of allylic oxidation sites excluding steroid dienone is 1. The molecule has 0 spiro atoms. The number of aromatic hydroxyl groups is 1. The average molecular weight is 497 g/mol. The summed E-state index contributed by atoms with van der Waals surface area (Å²) in [5.41, 5.74) is -1.68. The Morgan fingerprint density at radius 3 is 2.22 bits per heavy atom. The van der Waals surface area contributed by atoms with Crippen LogP contribution in [-0.4, -0.2) is 43.4 Å². The van der Waals surface area contributed by atoms with Gasteiger partial charge in [0.25, 0.3) is 0 Å². The maximum atomic E-state index is 14.1. The van der Waals surface area contributed by atoms with Gasteiger partial charge in [-0.1, -0.05) is 53.7 Å². The highest BCUT2D eigenvalue weighted by atomic mass is 16.3. The Bertz CT molecular complexity index is 1240. The molecule has 7 heteroatoms. The highest BCUT2D eigenvalue weighted by molar-refractivity contribution is 6.24. The van der Waals surface area contributed by atoms with Gasteiger partial charge in [0.2, 0.25) is 5.78 Å². The summed E-state index contributed by atoms with van der Waals surface area (Å²) in [5, 5.41) is 45.7. The van der Waals surface area contributed by atoms with Gasteiger partial charge in [0.05, 0.1) is 5.56 Å². The van der Waals surface area contributed by atoms with Gasteiger partial charge in [0.1, 0.15) is 22.8 Å². The minimum Gasteiger partial charge on any atom is -0.508 e. The molecule has 4 N–H and O–H groups in total. The maximum absolute atomic E-state index is 14.1. The third-order valence-corrected chi connectivity index (χ3v) is 9.05. The number of rotatable bonds is 4. The van der Waals surface area contributed by atoms with Crippen molar-refractivity contribution in [2.75, 3.05) is 0 Å². The zero-order valence-corrected chi connectivity index (χ0v) is 21.9. The Morgan fingerprint density at radius 2 is 1.69 bits per heavy atom. The van der Waals surface area contributed by atoms with Gasteiger partial charge in [0, 0.05) is 23.3 Å². The van der Waals surface area contributed by atoms with Crippen molar-refractivity contribution in [3.63, 3.8) is 0 Å². The summed E-state index contributed by atoms with van der Waals surface area (Å²) in [5.74, 6) is -7.26. The molecule has 0 heterocycles. The zero-order valence-electron chi connectivity index (χ0n) is 21.9. The van der Waals surface area contributed by atoms with Crippen LogP contribution in [0.1, 0.15) is 83.4 Å². The van der Waals surface area contributed by atoms with Crippen LogP contribution in [0.3, 0.4) is 0 Å². The summed E-state index contributed by atoms with van der Waals surface area (Å²) in [6, 6.07) is 3.71. The fraction of sp³-hybridized carbons (Fsp3) is 0.552. The van der Waals surface area contributed by atoms with Gasteiger partial charge in [-0.2, -0.15) is 0 Å². The highest BCUT2D eigenvalue weighted by Crippen LogP contribution is 2.60. The van der Waals surface area contributed by atoms with Crippen LogP contribution in [-0.2, 0) is 14.4 Å². The molecule has 0 aromatic heterocycles. The van der Waals surface area contributed by atoms with E-state index < -0.39 is 63.7 Å². The van der Waals surface area contributed by atoms with Gasteiger partial charge in [-0.05, 0) is 48.1 Å². The average Bonchev–Trinajstić information content (AvgIpc) is 2.80. The van der Waals surface area contributed by atoms with Crippen molar-refractivity contribution >= 4 is 23.1 Å². The SMILES string of the molecule is CCC(C)c1ccc2c(c1O)C(O)=C1C(=O)[C@@]3(O)C(O)=C(C(C)=O)C(=O)C(C(C)C)C3[C@H](C)C1[C@@H]2C. The Hall–Kier alpha value is -2.93. The number of aliphatic hydroxyl groups excluding tert-OH is 2. The van der Waals surface area contributed by atoms with Crippen molar-refractivity contribution in [3.05, 3.63) is 45.7 Å². The van der Waals surface area contributed by atoms with Crippen molar-refractivity contribution in [1.29, 1.82) is 0 Å². The zero-order chi connectivity index (χ0) is 27.0. The summed E-state index contributed by atoms with van der Waals surface area (Å²) in [6.45, 7) is 12.4. The molecule has 0 radical (unpaired) electrons. The number of aliphatic hydroxyl groups is 3. The van der Waals surface area contributed by atoms with Gasteiger partial charge in [-0.25, -0.2) is 0 Å². The van der Waals surface area contributed by atoms with Crippen LogP contribution in [0.15, 0.2) is 29.0 Å². The van der Waals surface area contributed by atoms with Gasteiger partial charge in [0.15, 0.2) is 17.2 Å². The number of hydrogen-bond acceptors (Lipinski definition) is 7. The predicted molar refractivity (Wildman–Crippen MR) is 135 cm³/mol. The molecular formula is C29H36O7. The molecule has 1 aromatic rings. The number of hydrogen-bond donors (Lipinski definition) is 4. The molecule has 7 nitrogen and oxygen atoms in total. The van der Waals surface area contributed by atoms with Crippen LogP contribution in [0, 0.1) is 29.6 Å². The Labute approximate surface area is 211 Å². The van der Waals surface area contributed by atoms with Gasteiger partial charge >= 0.3 is 0 Å². The second-order valence-corrected chi connectivity index (χ2v) is 11.2. The second kappa shape index (κ2) is 8.58. The van der Waals surface area contributed by atoms with E-state index in [1.54, 1.807) is 13.8 Å². The summed E-state index contributed by atoms with van der Waals surface area (Å²) < 4.78 is 0. The van der Waals surface area contributed by atoms with Crippen molar-refractivity contribution in [2.45, 2.75) is 72.3 Å². The molecule has 36 heavy (non-hydrogen) atoms. The van der Waals surface area contributed by atoms with E-state index in [9.17, 15) is 34.8 Å². The molecule has 1 aromatic carbocycles. The van der Waals surface area contributed by atoms with E-state index >= 15 is 0 Å². The summed E-state index contributed by atoms with van der Waals surface area (Å²) in [7, 11) is 0. The summed E-state index contributed by atoms with van der Waals surface area (Å²) in [4.78, 5) is 39.9. The first-order valence-corrected chi connectivity index (χ1v) is 12.8. The second-order valence-electron chi connectivity index (χ2n) is 11.2. The van der Waals surface area contributed by atoms with Crippen molar-refractivity contribution in [2.24, 2.45) is 29.6 Å². The van der Waals surface area contributed by atoms with E-state index in [0.29, 0.717) is 11.1 Å². The number of phenols is 1. The summed E-state index contributed by atoms with van der Waals surface area (Å²) in [6.07, 6.45) is 0.760. The Morgan fingerprint density at radius 1 is 1.08 bits per heavy atom. The Balaban J connectivity index is 2.05. The molecule has 3 aliphatic carbocycles. The first kappa shape index (κ1) is 26.1. The molecule has 4 unspecified atom stereocenters. The maximum Gasteiger partial charge on any atom is 0.202 e. The fourth-order valence-electron chi connectivity index (χ4n) is 7.09. The monoisotopic (exact) mass is 496 g/mol. The lowest BCUT2D eigenvalue weighted by atomic mass is 9.49. The minimum absolute atomic E-state index is 0.0111.